The van der Waals surface area contributed by atoms with Crippen molar-refractivity contribution in [2.45, 2.75) is 39.2 Å². The van der Waals surface area contributed by atoms with Gasteiger partial charge in [-0.05, 0) is 32.6 Å². The van der Waals surface area contributed by atoms with Gasteiger partial charge in [0.1, 0.15) is 0 Å². The molecule has 0 N–H and O–H groups in total. The molecule has 1 saturated carbocycles. The number of amides is 1. The lowest BCUT2D eigenvalue weighted by molar-refractivity contribution is 0.0736. The summed E-state index contributed by atoms with van der Waals surface area (Å²) in [6.45, 7) is 7.17. The largest absolute Gasteiger partial charge is 0.381 e. The molecule has 0 spiro atoms. The zero-order valence-electron chi connectivity index (χ0n) is 15.3. The number of ether oxygens (including phenoxy) is 1. The number of carbonyl (C=O) groups is 1. The fourth-order valence-electron chi connectivity index (χ4n) is 3.45. The number of rotatable bonds is 7. The Kier molecular flexibility index (Phi) is 4.76. The van der Waals surface area contributed by atoms with E-state index in [9.17, 15) is 4.79 Å². The van der Waals surface area contributed by atoms with Gasteiger partial charge in [0.05, 0.1) is 24.3 Å². The van der Waals surface area contributed by atoms with E-state index in [1.54, 1.807) is 17.1 Å². The summed E-state index contributed by atoms with van der Waals surface area (Å²) >= 11 is 0. The van der Waals surface area contributed by atoms with Crippen LogP contribution >= 0.6 is 0 Å². The topological polar surface area (TPSA) is 86.3 Å². The van der Waals surface area contributed by atoms with Crippen LogP contribution in [0, 0.1) is 18.8 Å². The quantitative estimate of drug-likeness (QED) is 0.750. The average molecular weight is 359 g/mol. The molecule has 2 fully saturated rings. The molecule has 1 aliphatic carbocycles. The summed E-state index contributed by atoms with van der Waals surface area (Å²) in [5.74, 6) is 2.11. The SMILES string of the molecule is CCn1cc(C(=O)N2CC(COCC3CC3)C(c3nc(C)no3)C2)cn1. The van der Waals surface area contributed by atoms with E-state index in [1.807, 2.05) is 18.7 Å². The van der Waals surface area contributed by atoms with E-state index in [0.717, 1.165) is 19.1 Å². The number of aromatic nitrogens is 4. The molecule has 2 unspecified atom stereocenters. The van der Waals surface area contributed by atoms with Crippen molar-refractivity contribution in [2.75, 3.05) is 26.3 Å². The van der Waals surface area contributed by atoms with Gasteiger partial charge in [-0.15, -0.1) is 0 Å². The second-order valence-corrected chi connectivity index (χ2v) is 7.32. The number of carbonyl (C=O) groups excluding carboxylic acids is 1. The molecule has 1 saturated heterocycles. The van der Waals surface area contributed by atoms with E-state index in [2.05, 4.69) is 15.2 Å². The van der Waals surface area contributed by atoms with Crippen LogP contribution in [0.5, 0.6) is 0 Å². The number of aryl methyl sites for hydroxylation is 2. The smallest absolute Gasteiger partial charge is 0.257 e. The molecule has 4 rings (SSSR count). The average Bonchev–Trinajstić information content (AvgIpc) is 3.03. The molecule has 8 heteroatoms. The zero-order chi connectivity index (χ0) is 18.1. The van der Waals surface area contributed by atoms with Gasteiger partial charge in [0.25, 0.3) is 5.91 Å². The first-order valence-corrected chi connectivity index (χ1v) is 9.33. The summed E-state index contributed by atoms with van der Waals surface area (Å²) < 4.78 is 13.1. The Morgan fingerprint density at radius 1 is 1.35 bits per heavy atom. The van der Waals surface area contributed by atoms with E-state index < -0.39 is 0 Å². The molecule has 2 aromatic rings. The standard InChI is InChI=1S/C18H25N5O3/c1-3-23-8-14(6-19-23)18(24)22-7-15(11-25-10-13-4-5-13)16(9-22)17-20-12(2)21-26-17/h6,8,13,15-16H,3-5,7,9-11H2,1-2H3. The lowest BCUT2D eigenvalue weighted by Crippen LogP contribution is -2.29. The van der Waals surface area contributed by atoms with Gasteiger partial charge in [-0.1, -0.05) is 5.16 Å². The Morgan fingerprint density at radius 3 is 2.85 bits per heavy atom. The summed E-state index contributed by atoms with van der Waals surface area (Å²) in [7, 11) is 0. The summed E-state index contributed by atoms with van der Waals surface area (Å²) in [5.41, 5.74) is 0.617. The Balaban J connectivity index is 1.46. The minimum Gasteiger partial charge on any atom is -0.381 e. The second-order valence-electron chi connectivity index (χ2n) is 7.32. The third-order valence-electron chi connectivity index (χ3n) is 5.18. The van der Waals surface area contributed by atoms with Crippen LogP contribution in [0.25, 0.3) is 0 Å². The second kappa shape index (κ2) is 7.19. The van der Waals surface area contributed by atoms with Crippen LogP contribution < -0.4 is 0 Å². The van der Waals surface area contributed by atoms with Gasteiger partial charge >= 0.3 is 0 Å². The lowest BCUT2D eigenvalue weighted by Gasteiger charge is -2.15. The molecule has 2 atom stereocenters. The van der Waals surface area contributed by atoms with Gasteiger partial charge in [-0.2, -0.15) is 10.1 Å². The summed E-state index contributed by atoms with van der Waals surface area (Å²) in [6.07, 6.45) is 5.96. The van der Waals surface area contributed by atoms with Gasteiger partial charge in [0, 0.05) is 38.4 Å². The van der Waals surface area contributed by atoms with E-state index in [-0.39, 0.29) is 17.7 Å². The maximum absolute atomic E-state index is 12.9. The van der Waals surface area contributed by atoms with Crippen LogP contribution in [0.15, 0.2) is 16.9 Å². The highest BCUT2D eigenvalue weighted by Gasteiger charge is 2.40. The van der Waals surface area contributed by atoms with Crippen LogP contribution in [0.2, 0.25) is 0 Å². The highest BCUT2D eigenvalue weighted by molar-refractivity contribution is 5.94. The lowest BCUT2D eigenvalue weighted by atomic mass is 9.97. The molecule has 1 amide bonds. The highest BCUT2D eigenvalue weighted by Crippen LogP contribution is 2.34. The fraction of sp³-hybridized carbons (Fsp3) is 0.667. The van der Waals surface area contributed by atoms with Gasteiger partial charge < -0.3 is 14.2 Å². The van der Waals surface area contributed by atoms with E-state index >= 15 is 0 Å². The number of hydrogen-bond acceptors (Lipinski definition) is 6. The van der Waals surface area contributed by atoms with Gasteiger partial charge in [-0.3, -0.25) is 9.48 Å². The number of likely N-dealkylation sites (tertiary alicyclic amines) is 1. The maximum Gasteiger partial charge on any atom is 0.257 e. The normalized spacial score (nSPS) is 22.9. The van der Waals surface area contributed by atoms with Crippen molar-refractivity contribution in [3.8, 4) is 0 Å². The van der Waals surface area contributed by atoms with Crippen molar-refractivity contribution in [3.05, 3.63) is 29.7 Å². The molecule has 140 valence electrons. The van der Waals surface area contributed by atoms with Crippen LogP contribution in [0.4, 0.5) is 0 Å². The van der Waals surface area contributed by atoms with Crippen molar-refractivity contribution in [1.29, 1.82) is 0 Å². The van der Waals surface area contributed by atoms with Crippen molar-refractivity contribution >= 4 is 5.91 Å². The molecule has 2 aliphatic rings. The van der Waals surface area contributed by atoms with Crippen LogP contribution in [0.1, 0.15) is 47.8 Å². The van der Waals surface area contributed by atoms with Gasteiger partial charge in [-0.25, -0.2) is 0 Å². The van der Waals surface area contributed by atoms with E-state index in [4.69, 9.17) is 9.26 Å². The van der Waals surface area contributed by atoms with Gasteiger partial charge in [0.15, 0.2) is 5.82 Å². The fourth-order valence-corrected chi connectivity index (χ4v) is 3.45. The maximum atomic E-state index is 12.9. The molecule has 0 bridgehead atoms. The van der Waals surface area contributed by atoms with Gasteiger partial charge in [0.2, 0.25) is 5.89 Å². The van der Waals surface area contributed by atoms with E-state index in [1.165, 1.54) is 12.8 Å². The summed E-state index contributed by atoms with van der Waals surface area (Å²) in [5, 5.41) is 8.12. The van der Waals surface area contributed by atoms with Crippen LogP contribution in [-0.4, -0.2) is 57.0 Å². The van der Waals surface area contributed by atoms with Crippen molar-refractivity contribution in [3.63, 3.8) is 0 Å². The predicted octanol–water partition coefficient (Wildman–Crippen LogP) is 1.88. The van der Waals surface area contributed by atoms with Crippen molar-refractivity contribution in [2.24, 2.45) is 11.8 Å². The zero-order valence-corrected chi connectivity index (χ0v) is 15.3. The third-order valence-corrected chi connectivity index (χ3v) is 5.18. The van der Waals surface area contributed by atoms with Crippen LogP contribution in [-0.2, 0) is 11.3 Å². The Hall–Kier alpha value is -2.22. The van der Waals surface area contributed by atoms with Crippen molar-refractivity contribution in [1.82, 2.24) is 24.8 Å². The van der Waals surface area contributed by atoms with E-state index in [0.29, 0.717) is 37.0 Å². The summed E-state index contributed by atoms with van der Waals surface area (Å²) in [4.78, 5) is 19.1. The molecule has 8 nitrogen and oxygen atoms in total. The molecular formula is C18H25N5O3. The minimum atomic E-state index is -0.00405. The first kappa shape index (κ1) is 17.2. The number of hydrogen-bond donors (Lipinski definition) is 0. The highest BCUT2D eigenvalue weighted by atomic mass is 16.5. The first-order valence-electron chi connectivity index (χ1n) is 9.33. The first-order chi connectivity index (χ1) is 12.6. The molecule has 0 radical (unpaired) electrons. The number of nitrogens with zero attached hydrogens (tertiary/aromatic N) is 5. The Bertz CT molecular complexity index is 766. The minimum absolute atomic E-state index is 0.00405. The Morgan fingerprint density at radius 2 is 2.19 bits per heavy atom. The summed E-state index contributed by atoms with van der Waals surface area (Å²) in [6, 6.07) is 0. The molecule has 26 heavy (non-hydrogen) atoms. The molecule has 1 aliphatic heterocycles. The molecular weight excluding hydrogens is 334 g/mol. The monoisotopic (exact) mass is 359 g/mol. The molecule has 3 heterocycles. The molecule has 0 aromatic carbocycles. The third kappa shape index (κ3) is 3.65. The van der Waals surface area contributed by atoms with Crippen molar-refractivity contribution < 1.29 is 14.1 Å². The Labute approximate surface area is 152 Å². The predicted molar refractivity (Wildman–Crippen MR) is 92.6 cm³/mol. The molecule has 2 aromatic heterocycles. The van der Waals surface area contributed by atoms with Crippen LogP contribution in [0.3, 0.4) is 0 Å².